The molecule has 0 spiro atoms. The monoisotopic (exact) mass is 407 g/mol. The van der Waals surface area contributed by atoms with E-state index >= 15 is 0 Å². The molecule has 0 bridgehead atoms. The Morgan fingerprint density at radius 2 is 1.38 bits per heavy atom. The fraction of sp³-hybridized carbons (Fsp3) is 0.130. The van der Waals surface area contributed by atoms with E-state index < -0.39 is 0 Å². The third-order valence-corrected chi connectivity index (χ3v) is 4.43. The van der Waals surface area contributed by atoms with Gasteiger partial charge >= 0.3 is 0 Å². The van der Waals surface area contributed by atoms with Gasteiger partial charge in [-0.2, -0.15) is 0 Å². The third-order valence-electron chi connectivity index (χ3n) is 4.19. The number of rotatable bonds is 8. The SMILES string of the molecule is O=C(CCc1ccccc1)Nc1cccc(NC(=O)CNc2cccc(Cl)c2)c1. The van der Waals surface area contributed by atoms with Gasteiger partial charge in [0, 0.05) is 28.5 Å². The van der Waals surface area contributed by atoms with E-state index in [4.69, 9.17) is 11.6 Å². The van der Waals surface area contributed by atoms with Crippen molar-refractivity contribution in [2.45, 2.75) is 12.8 Å². The molecule has 3 aromatic carbocycles. The second-order valence-electron chi connectivity index (χ2n) is 6.53. The maximum atomic E-state index is 12.2. The van der Waals surface area contributed by atoms with Crippen molar-refractivity contribution in [3.05, 3.63) is 89.4 Å². The third kappa shape index (κ3) is 6.97. The molecule has 0 saturated heterocycles. The standard InChI is InChI=1S/C23H22ClN3O2/c24-18-8-4-9-19(14-18)25-16-23(29)27-21-11-5-10-20(15-21)26-22(28)13-12-17-6-2-1-3-7-17/h1-11,14-15,25H,12-13,16H2,(H,26,28)(H,27,29). The van der Waals surface area contributed by atoms with E-state index in [0.29, 0.717) is 29.2 Å². The minimum Gasteiger partial charge on any atom is -0.376 e. The summed E-state index contributed by atoms with van der Waals surface area (Å²) in [6.45, 7) is 0.105. The molecule has 0 atom stereocenters. The summed E-state index contributed by atoms with van der Waals surface area (Å²) in [4.78, 5) is 24.4. The molecule has 0 saturated carbocycles. The van der Waals surface area contributed by atoms with E-state index in [2.05, 4.69) is 16.0 Å². The molecule has 0 radical (unpaired) electrons. The van der Waals surface area contributed by atoms with E-state index in [1.807, 2.05) is 42.5 Å². The van der Waals surface area contributed by atoms with Crippen LogP contribution in [0.15, 0.2) is 78.9 Å². The smallest absolute Gasteiger partial charge is 0.243 e. The number of hydrogen-bond acceptors (Lipinski definition) is 3. The van der Waals surface area contributed by atoms with E-state index in [0.717, 1.165) is 11.3 Å². The van der Waals surface area contributed by atoms with Crippen LogP contribution in [-0.4, -0.2) is 18.4 Å². The maximum Gasteiger partial charge on any atom is 0.243 e. The second-order valence-corrected chi connectivity index (χ2v) is 6.96. The molecule has 3 N–H and O–H groups in total. The normalized spacial score (nSPS) is 10.2. The Bertz CT molecular complexity index is 977. The lowest BCUT2D eigenvalue weighted by atomic mass is 10.1. The van der Waals surface area contributed by atoms with Crippen LogP contribution in [0, 0.1) is 0 Å². The molecule has 29 heavy (non-hydrogen) atoms. The highest BCUT2D eigenvalue weighted by atomic mass is 35.5. The average molecular weight is 408 g/mol. The Labute approximate surface area is 175 Å². The lowest BCUT2D eigenvalue weighted by Gasteiger charge is -2.10. The van der Waals surface area contributed by atoms with Crippen LogP contribution in [0.1, 0.15) is 12.0 Å². The molecule has 3 aromatic rings. The molecular weight excluding hydrogens is 386 g/mol. The highest BCUT2D eigenvalue weighted by Crippen LogP contribution is 2.17. The van der Waals surface area contributed by atoms with Gasteiger partial charge in [-0.1, -0.05) is 54.1 Å². The van der Waals surface area contributed by atoms with Crippen LogP contribution in [0.25, 0.3) is 0 Å². The van der Waals surface area contributed by atoms with Crippen molar-refractivity contribution in [1.29, 1.82) is 0 Å². The first-order chi connectivity index (χ1) is 14.1. The van der Waals surface area contributed by atoms with Gasteiger partial charge in [-0.05, 0) is 48.4 Å². The summed E-state index contributed by atoms with van der Waals surface area (Å²) in [6, 6.07) is 24.1. The first-order valence-corrected chi connectivity index (χ1v) is 9.69. The van der Waals surface area contributed by atoms with Crippen molar-refractivity contribution in [3.63, 3.8) is 0 Å². The molecule has 0 aliphatic heterocycles. The molecule has 0 aliphatic rings. The molecule has 0 fully saturated rings. The Kier molecular flexibility index (Phi) is 7.25. The van der Waals surface area contributed by atoms with Gasteiger partial charge in [0.2, 0.25) is 11.8 Å². The first-order valence-electron chi connectivity index (χ1n) is 9.31. The van der Waals surface area contributed by atoms with Crippen molar-refractivity contribution < 1.29 is 9.59 Å². The van der Waals surface area contributed by atoms with Crippen LogP contribution in [0.4, 0.5) is 17.1 Å². The lowest BCUT2D eigenvalue weighted by molar-refractivity contribution is -0.116. The van der Waals surface area contributed by atoms with E-state index in [-0.39, 0.29) is 18.4 Å². The number of carbonyl (C=O) groups is 2. The number of nitrogens with one attached hydrogen (secondary N) is 3. The van der Waals surface area contributed by atoms with Gasteiger partial charge in [0.25, 0.3) is 0 Å². The van der Waals surface area contributed by atoms with E-state index in [9.17, 15) is 9.59 Å². The van der Waals surface area contributed by atoms with E-state index in [1.165, 1.54) is 0 Å². The van der Waals surface area contributed by atoms with Gasteiger partial charge in [0.15, 0.2) is 0 Å². The number of hydrogen-bond donors (Lipinski definition) is 3. The molecule has 148 valence electrons. The molecule has 5 nitrogen and oxygen atoms in total. The minimum atomic E-state index is -0.197. The summed E-state index contributed by atoms with van der Waals surface area (Å²) < 4.78 is 0. The summed E-state index contributed by atoms with van der Waals surface area (Å²) in [7, 11) is 0. The number of aryl methyl sites for hydroxylation is 1. The Morgan fingerprint density at radius 1 is 0.724 bits per heavy atom. The zero-order valence-electron chi connectivity index (χ0n) is 15.8. The fourth-order valence-electron chi connectivity index (χ4n) is 2.79. The highest BCUT2D eigenvalue weighted by molar-refractivity contribution is 6.30. The zero-order chi connectivity index (χ0) is 20.5. The summed E-state index contributed by atoms with van der Waals surface area (Å²) in [5, 5.41) is 9.30. The van der Waals surface area contributed by atoms with Crippen LogP contribution < -0.4 is 16.0 Å². The highest BCUT2D eigenvalue weighted by Gasteiger charge is 2.06. The number of anilines is 3. The van der Waals surface area contributed by atoms with Gasteiger partial charge in [-0.3, -0.25) is 9.59 Å². The summed E-state index contributed by atoms with van der Waals surface area (Å²) >= 11 is 5.93. The van der Waals surface area contributed by atoms with Crippen LogP contribution in [0.5, 0.6) is 0 Å². The van der Waals surface area contributed by atoms with E-state index in [1.54, 1.807) is 36.4 Å². The molecule has 0 unspecified atom stereocenters. The van der Waals surface area contributed by atoms with Crippen LogP contribution >= 0.6 is 11.6 Å². The molecule has 2 amide bonds. The largest absolute Gasteiger partial charge is 0.376 e. The number of halogens is 1. The number of benzene rings is 3. The Hall–Kier alpha value is -3.31. The van der Waals surface area contributed by atoms with Gasteiger partial charge < -0.3 is 16.0 Å². The van der Waals surface area contributed by atoms with Crippen LogP contribution in [0.2, 0.25) is 5.02 Å². The zero-order valence-corrected chi connectivity index (χ0v) is 16.6. The quantitative estimate of drug-likeness (QED) is 0.494. The lowest BCUT2D eigenvalue weighted by Crippen LogP contribution is -2.21. The fourth-order valence-corrected chi connectivity index (χ4v) is 2.98. The Morgan fingerprint density at radius 3 is 2.10 bits per heavy atom. The van der Waals surface area contributed by atoms with Crippen LogP contribution in [-0.2, 0) is 16.0 Å². The van der Waals surface area contributed by atoms with Gasteiger partial charge in [0.05, 0.1) is 6.54 Å². The van der Waals surface area contributed by atoms with Gasteiger partial charge in [-0.15, -0.1) is 0 Å². The molecular formula is C23H22ClN3O2. The van der Waals surface area contributed by atoms with Gasteiger partial charge in [0.1, 0.15) is 0 Å². The average Bonchev–Trinajstić information content (AvgIpc) is 2.72. The number of carbonyl (C=O) groups excluding carboxylic acids is 2. The second kappa shape index (κ2) is 10.3. The summed E-state index contributed by atoms with van der Waals surface area (Å²) in [6.07, 6.45) is 1.07. The van der Waals surface area contributed by atoms with Crippen molar-refractivity contribution >= 4 is 40.5 Å². The van der Waals surface area contributed by atoms with Gasteiger partial charge in [-0.25, -0.2) is 0 Å². The van der Waals surface area contributed by atoms with Crippen molar-refractivity contribution in [2.75, 3.05) is 22.5 Å². The maximum absolute atomic E-state index is 12.2. The minimum absolute atomic E-state index is 0.0695. The van der Waals surface area contributed by atoms with Crippen molar-refractivity contribution in [1.82, 2.24) is 0 Å². The molecule has 6 heteroatoms. The Balaban J connectivity index is 1.48. The molecule has 0 heterocycles. The number of amides is 2. The predicted molar refractivity (Wildman–Crippen MR) is 118 cm³/mol. The summed E-state index contributed by atoms with van der Waals surface area (Å²) in [5.41, 5.74) is 3.15. The molecule has 0 aromatic heterocycles. The molecule has 3 rings (SSSR count). The summed E-state index contributed by atoms with van der Waals surface area (Å²) in [5.74, 6) is -0.266. The predicted octanol–water partition coefficient (Wildman–Crippen LogP) is 4.96. The molecule has 0 aliphatic carbocycles. The topological polar surface area (TPSA) is 70.2 Å². The van der Waals surface area contributed by atoms with Crippen molar-refractivity contribution in [3.8, 4) is 0 Å². The van der Waals surface area contributed by atoms with Crippen molar-refractivity contribution in [2.24, 2.45) is 0 Å². The van der Waals surface area contributed by atoms with Crippen LogP contribution in [0.3, 0.4) is 0 Å². The first kappa shape index (κ1) is 20.4.